The summed E-state index contributed by atoms with van der Waals surface area (Å²) in [5.41, 5.74) is 2.23. The molecule has 0 N–H and O–H groups in total. The van der Waals surface area contributed by atoms with Gasteiger partial charge in [-0.05, 0) is 25.7 Å². The summed E-state index contributed by atoms with van der Waals surface area (Å²) in [6.45, 7) is 0.888. The van der Waals surface area contributed by atoms with Gasteiger partial charge in [-0.2, -0.15) is 0 Å². The van der Waals surface area contributed by atoms with Gasteiger partial charge in [0.15, 0.2) is 0 Å². The zero-order valence-electron chi connectivity index (χ0n) is 9.90. The molecule has 2 rings (SSSR count). The maximum Gasteiger partial charge on any atom is 0.213 e. The highest BCUT2D eigenvalue weighted by Crippen LogP contribution is 2.22. The van der Waals surface area contributed by atoms with Gasteiger partial charge in [0.25, 0.3) is 0 Å². The van der Waals surface area contributed by atoms with Crippen LogP contribution in [0, 0.1) is 0 Å². The highest BCUT2D eigenvalue weighted by Gasteiger charge is 2.06. The van der Waals surface area contributed by atoms with Crippen molar-refractivity contribution in [1.82, 2.24) is 9.88 Å². The average molecular weight is 216 g/mol. The second-order valence-corrected chi connectivity index (χ2v) is 4.08. The first-order valence-electron chi connectivity index (χ1n) is 5.28. The SMILES string of the molecule is COc1cc(CN(C)C)c2ccccc2n1. The molecule has 0 saturated heterocycles. The number of hydrogen-bond acceptors (Lipinski definition) is 3. The first-order valence-corrected chi connectivity index (χ1v) is 5.28. The fraction of sp³-hybridized carbons (Fsp3) is 0.308. The number of fused-ring (bicyclic) bond motifs is 1. The van der Waals surface area contributed by atoms with E-state index < -0.39 is 0 Å². The molecule has 0 radical (unpaired) electrons. The summed E-state index contributed by atoms with van der Waals surface area (Å²) in [5.74, 6) is 0.676. The second kappa shape index (κ2) is 4.49. The monoisotopic (exact) mass is 216 g/mol. The first kappa shape index (κ1) is 10.9. The van der Waals surface area contributed by atoms with E-state index in [0.29, 0.717) is 5.88 Å². The van der Waals surface area contributed by atoms with E-state index in [2.05, 4.69) is 30.0 Å². The summed E-state index contributed by atoms with van der Waals surface area (Å²) in [6, 6.07) is 10.1. The lowest BCUT2D eigenvalue weighted by Gasteiger charge is -2.13. The van der Waals surface area contributed by atoms with Gasteiger partial charge in [0.1, 0.15) is 0 Å². The predicted octanol–water partition coefficient (Wildman–Crippen LogP) is 2.31. The maximum absolute atomic E-state index is 5.21. The topological polar surface area (TPSA) is 25.4 Å². The van der Waals surface area contributed by atoms with Gasteiger partial charge in [-0.1, -0.05) is 18.2 Å². The molecule has 0 atom stereocenters. The van der Waals surface area contributed by atoms with Crippen LogP contribution in [-0.4, -0.2) is 31.1 Å². The van der Waals surface area contributed by atoms with Crippen LogP contribution in [0.15, 0.2) is 30.3 Å². The zero-order valence-corrected chi connectivity index (χ0v) is 9.90. The minimum atomic E-state index is 0.676. The molecule has 2 aromatic rings. The van der Waals surface area contributed by atoms with E-state index in [9.17, 15) is 0 Å². The molecule has 0 aliphatic rings. The highest BCUT2D eigenvalue weighted by molar-refractivity contribution is 5.82. The smallest absolute Gasteiger partial charge is 0.213 e. The Bertz CT molecular complexity index is 494. The van der Waals surface area contributed by atoms with Crippen molar-refractivity contribution < 1.29 is 4.74 Å². The van der Waals surface area contributed by atoms with Gasteiger partial charge in [-0.3, -0.25) is 0 Å². The van der Waals surface area contributed by atoms with E-state index in [0.717, 1.165) is 12.1 Å². The Morgan fingerprint density at radius 2 is 2.00 bits per heavy atom. The summed E-state index contributed by atoms with van der Waals surface area (Å²) in [6.07, 6.45) is 0. The molecule has 0 fully saturated rings. The molecule has 3 nitrogen and oxygen atoms in total. The Morgan fingerprint density at radius 3 is 2.69 bits per heavy atom. The van der Waals surface area contributed by atoms with Crippen LogP contribution in [0.2, 0.25) is 0 Å². The van der Waals surface area contributed by atoms with Gasteiger partial charge < -0.3 is 9.64 Å². The van der Waals surface area contributed by atoms with Gasteiger partial charge in [0.2, 0.25) is 5.88 Å². The maximum atomic E-state index is 5.21. The van der Waals surface area contributed by atoms with Crippen LogP contribution in [-0.2, 0) is 6.54 Å². The molecular formula is C13H16N2O. The van der Waals surface area contributed by atoms with Crippen LogP contribution in [0.4, 0.5) is 0 Å². The van der Waals surface area contributed by atoms with E-state index in [1.54, 1.807) is 7.11 Å². The number of pyridine rings is 1. The fourth-order valence-corrected chi connectivity index (χ4v) is 1.80. The van der Waals surface area contributed by atoms with Crippen molar-refractivity contribution in [1.29, 1.82) is 0 Å². The Balaban J connectivity index is 2.59. The molecular weight excluding hydrogens is 200 g/mol. The summed E-state index contributed by atoms with van der Waals surface area (Å²) in [4.78, 5) is 6.56. The quantitative estimate of drug-likeness (QED) is 0.787. The minimum absolute atomic E-state index is 0.676. The molecule has 0 unspecified atom stereocenters. The van der Waals surface area contributed by atoms with Crippen molar-refractivity contribution in [2.75, 3.05) is 21.2 Å². The average Bonchev–Trinajstić information content (AvgIpc) is 2.28. The van der Waals surface area contributed by atoms with Crippen molar-refractivity contribution in [3.05, 3.63) is 35.9 Å². The lowest BCUT2D eigenvalue weighted by Crippen LogP contribution is -2.11. The molecule has 1 aromatic carbocycles. The summed E-state index contributed by atoms with van der Waals surface area (Å²) in [5, 5.41) is 1.19. The normalized spacial score (nSPS) is 11.0. The largest absolute Gasteiger partial charge is 0.481 e. The van der Waals surface area contributed by atoms with Crippen LogP contribution in [0.5, 0.6) is 5.88 Å². The highest BCUT2D eigenvalue weighted by atomic mass is 16.5. The molecule has 0 bridgehead atoms. The zero-order chi connectivity index (χ0) is 11.5. The third-order valence-corrected chi connectivity index (χ3v) is 2.47. The van der Waals surface area contributed by atoms with Crippen LogP contribution in [0.1, 0.15) is 5.56 Å². The lowest BCUT2D eigenvalue weighted by molar-refractivity contribution is 0.389. The number of ether oxygens (including phenoxy) is 1. The van der Waals surface area contributed by atoms with E-state index in [4.69, 9.17) is 4.74 Å². The van der Waals surface area contributed by atoms with Crippen LogP contribution < -0.4 is 4.74 Å². The summed E-state index contributed by atoms with van der Waals surface area (Å²) >= 11 is 0. The molecule has 0 saturated carbocycles. The van der Waals surface area contributed by atoms with Gasteiger partial charge in [-0.15, -0.1) is 0 Å². The van der Waals surface area contributed by atoms with Gasteiger partial charge in [0, 0.05) is 18.0 Å². The Hall–Kier alpha value is -1.61. The predicted molar refractivity (Wildman–Crippen MR) is 65.7 cm³/mol. The molecule has 1 aromatic heterocycles. The number of hydrogen-bond donors (Lipinski definition) is 0. The van der Waals surface area contributed by atoms with Crippen LogP contribution in [0.3, 0.4) is 0 Å². The van der Waals surface area contributed by atoms with Crippen LogP contribution in [0.25, 0.3) is 10.9 Å². The van der Waals surface area contributed by atoms with Gasteiger partial charge in [-0.25, -0.2) is 4.98 Å². The third kappa shape index (κ3) is 2.14. The number of methoxy groups -OCH3 is 1. The standard InChI is InChI=1S/C13H16N2O/c1-15(2)9-10-8-13(16-3)14-12-7-5-4-6-11(10)12/h4-8H,9H2,1-3H3. The van der Waals surface area contributed by atoms with Crippen molar-refractivity contribution in [3.8, 4) is 5.88 Å². The molecule has 0 spiro atoms. The number of aromatic nitrogens is 1. The molecule has 84 valence electrons. The number of nitrogens with zero attached hydrogens (tertiary/aromatic N) is 2. The molecule has 0 amide bonds. The number of rotatable bonds is 3. The molecule has 16 heavy (non-hydrogen) atoms. The Labute approximate surface area is 95.7 Å². The summed E-state index contributed by atoms with van der Waals surface area (Å²) in [7, 11) is 5.76. The Kier molecular flexibility index (Phi) is 3.06. The molecule has 1 heterocycles. The third-order valence-electron chi connectivity index (χ3n) is 2.47. The van der Waals surface area contributed by atoms with Crippen LogP contribution >= 0.6 is 0 Å². The number of para-hydroxylation sites is 1. The van der Waals surface area contributed by atoms with Crippen molar-refractivity contribution in [3.63, 3.8) is 0 Å². The summed E-state index contributed by atoms with van der Waals surface area (Å²) < 4.78 is 5.21. The Morgan fingerprint density at radius 1 is 1.25 bits per heavy atom. The van der Waals surface area contributed by atoms with Gasteiger partial charge >= 0.3 is 0 Å². The van der Waals surface area contributed by atoms with Crippen molar-refractivity contribution in [2.45, 2.75) is 6.54 Å². The second-order valence-electron chi connectivity index (χ2n) is 4.08. The van der Waals surface area contributed by atoms with Crippen molar-refractivity contribution in [2.24, 2.45) is 0 Å². The number of benzene rings is 1. The van der Waals surface area contributed by atoms with E-state index in [1.165, 1.54) is 10.9 Å². The fourth-order valence-electron chi connectivity index (χ4n) is 1.80. The minimum Gasteiger partial charge on any atom is -0.481 e. The lowest BCUT2D eigenvalue weighted by atomic mass is 10.1. The van der Waals surface area contributed by atoms with Gasteiger partial charge in [0.05, 0.1) is 12.6 Å². The van der Waals surface area contributed by atoms with E-state index in [-0.39, 0.29) is 0 Å². The van der Waals surface area contributed by atoms with E-state index in [1.807, 2.05) is 24.3 Å². The molecule has 0 aliphatic carbocycles. The molecule has 0 aliphatic heterocycles. The molecule has 3 heteroatoms. The first-order chi connectivity index (χ1) is 7.70. The van der Waals surface area contributed by atoms with Crippen molar-refractivity contribution >= 4 is 10.9 Å². The van der Waals surface area contributed by atoms with E-state index >= 15 is 0 Å².